The first-order valence-electron chi connectivity index (χ1n) is 8.15. The predicted molar refractivity (Wildman–Crippen MR) is 107 cm³/mol. The molecule has 0 amide bonds. The number of rotatable bonds is 7. The zero-order chi connectivity index (χ0) is 20.2. The normalized spacial score (nSPS) is 13.5. The molecule has 2 aromatic carbocycles. The lowest BCUT2D eigenvalue weighted by atomic mass is 9.95. The van der Waals surface area contributed by atoms with Crippen LogP contribution in [0.2, 0.25) is 5.02 Å². The summed E-state index contributed by atoms with van der Waals surface area (Å²) in [5, 5.41) is 9.50. The molecule has 0 aliphatic carbocycles. The smallest absolute Gasteiger partial charge is 0.416 e. The number of aliphatic carboxylic acids is 1. The van der Waals surface area contributed by atoms with Crippen molar-refractivity contribution in [2.24, 2.45) is 5.73 Å². The number of benzene rings is 2. The van der Waals surface area contributed by atoms with Gasteiger partial charge in [0, 0.05) is 14.8 Å². The summed E-state index contributed by atoms with van der Waals surface area (Å²) in [4.78, 5) is 12.2. The fraction of sp³-hybridized carbons (Fsp3) is 0.316. The average molecular weight is 454 g/mol. The van der Waals surface area contributed by atoms with Gasteiger partial charge in [0.05, 0.1) is 5.56 Å². The summed E-state index contributed by atoms with van der Waals surface area (Å²) in [6.07, 6.45) is -2.96. The Morgan fingerprint density at radius 3 is 2.39 bits per heavy atom. The number of carboxylic acid groups (broad SMARTS) is 1. The molecule has 0 aliphatic rings. The zero-order valence-corrected chi connectivity index (χ0v) is 17.3. The van der Waals surface area contributed by atoms with Gasteiger partial charge < -0.3 is 10.8 Å². The lowest BCUT2D eigenvalue weighted by Gasteiger charge is -2.18. The van der Waals surface area contributed by atoms with Gasteiger partial charge in [0.25, 0.3) is 0 Å². The van der Waals surface area contributed by atoms with Crippen LogP contribution in [0.3, 0.4) is 0 Å². The first kappa shape index (κ1) is 24.6. The molecule has 2 rings (SSSR count). The topological polar surface area (TPSA) is 63.3 Å². The predicted octanol–water partition coefficient (Wildman–Crippen LogP) is 6.06. The molecule has 0 radical (unpaired) electrons. The fourth-order valence-electron chi connectivity index (χ4n) is 2.42. The third-order valence-corrected chi connectivity index (χ3v) is 5.38. The van der Waals surface area contributed by atoms with Gasteiger partial charge in [-0.15, -0.1) is 12.4 Å². The number of hydrogen-bond acceptors (Lipinski definition) is 3. The standard InChI is InChI=1S/C19H19ClF3NO2S.ClH/c1-18(24,17(25)26)9-3-4-12-7-8-15(11-16(12)20)27-14-6-2-5-13(10-14)19(21,22)23;/h2,5-8,10-11H,3-4,9,24H2,1H3,(H,25,26);1H. The highest BCUT2D eigenvalue weighted by Gasteiger charge is 2.30. The Bertz CT molecular complexity index is 829. The third kappa shape index (κ3) is 6.88. The van der Waals surface area contributed by atoms with E-state index in [0.29, 0.717) is 29.2 Å². The molecule has 0 spiro atoms. The second-order valence-corrected chi connectivity index (χ2v) is 8.01. The summed E-state index contributed by atoms with van der Waals surface area (Å²) in [7, 11) is 0. The van der Waals surface area contributed by atoms with Crippen molar-refractivity contribution in [3.63, 3.8) is 0 Å². The molecule has 0 aliphatic heterocycles. The lowest BCUT2D eigenvalue weighted by Crippen LogP contribution is -2.44. The van der Waals surface area contributed by atoms with Crippen molar-refractivity contribution < 1.29 is 23.1 Å². The largest absolute Gasteiger partial charge is 0.480 e. The van der Waals surface area contributed by atoms with Gasteiger partial charge in [-0.1, -0.05) is 35.5 Å². The second-order valence-electron chi connectivity index (χ2n) is 6.46. The maximum atomic E-state index is 12.8. The number of aryl methyl sites for hydroxylation is 1. The molecule has 28 heavy (non-hydrogen) atoms. The molecule has 0 saturated heterocycles. The SMILES string of the molecule is CC(N)(CCCc1ccc(Sc2cccc(C(F)(F)F)c2)cc1Cl)C(=O)O.Cl. The summed E-state index contributed by atoms with van der Waals surface area (Å²) >= 11 is 7.46. The Balaban J connectivity index is 0.00000392. The van der Waals surface area contributed by atoms with E-state index in [1.165, 1.54) is 24.8 Å². The minimum atomic E-state index is -4.38. The summed E-state index contributed by atoms with van der Waals surface area (Å²) in [5.74, 6) is -1.05. The van der Waals surface area contributed by atoms with Gasteiger partial charge in [-0.3, -0.25) is 4.79 Å². The van der Waals surface area contributed by atoms with E-state index in [0.717, 1.165) is 22.6 Å². The molecular weight excluding hydrogens is 434 g/mol. The summed E-state index contributed by atoms with van der Waals surface area (Å²) in [6, 6.07) is 10.4. The van der Waals surface area contributed by atoms with Crippen LogP contribution in [-0.4, -0.2) is 16.6 Å². The van der Waals surface area contributed by atoms with E-state index in [2.05, 4.69) is 0 Å². The minimum Gasteiger partial charge on any atom is -0.480 e. The van der Waals surface area contributed by atoms with Crippen molar-refractivity contribution in [1.82, 2.24) is 0 Å². The van der Waals surface area contributed by atoms with Crippen LogP contribution in [0.5, 0.6) is 0 Å². The van der Waals surface area contributed by atoms with Crippen LogP contribution in [0.1, 0.15) is 30.9 Å². The van der Waals surface area contributed by atoms with Gasteiger partial charge in [0.2, 0.25) is 0 Å². The molecule has 0 saturated carbocycles. The molecule has 2 aromatic rings. The average Bonchev–Trinajstić information content (AvgIpc) is 2.56. The van der Waals surface area contributed by atoms with Crippen molar-refractivity contribution in [2.45, 2.75) is 47.7 Å². The van der Waals surface area contributed by atoms with Gasteiger partial charge >= 0.3 is 12.1 Å². The highest BCUT2D eigenvalue weighted by Crippen LogP contribution is 2.35. The molecule has 3 N–H and O–H groups in total. The Hall–Kier alpha value is -1.41. The van der Waals surface area contributed by atoms with E-state index in [-0.39, 0.29) is 12.4 Å². The maximum Gasteiger partial charge on any atom is 0.416 e. The third-order valence-electron chi connectivity index (χ3n) is 4.05. The molecule has 0 bridgehead atoms. The Kier molecular flexibility index (Phi) is 8.68. The summed E-state index contributed by atoms with van der Waals surface area (Å²) in [5.41, 5.74) is 4.56. The van der Waals surface area contributed by atoms with Gasteiger partial charge in [-0.2, -0.15) is 13.2 Å². The van der Waals surface area contributed by atoms with E-state index >= 15 is 0 Å². The van der Waals surface area contributed by atoms with Crippen LogP contribution in [0, 0.1) is 0 Å². The monoisotopic (exact) mass is 453 g/mol. The van der Waals surface area contributed by atoms with E-state index < -0.39 is 23.2 Å². The van der Waals surface area contributed by atoms with Crippen LogP contribution in [0.15, 0.2) is 52.3 Å². The van der Waals surface area contributed by atoms with Crippen molar-refractivity contribution in [1.29, 1.82) is 0 Å². The number of nitrogens with two attached hydrogens (primary N) is 1. The van der Waals surface area contributed by atoms with Crippen LogP contribution < -0.4 is 5.73 Å². The maximum absolute atomic E-state index is 12.8. The second kappa shape index (κ2) is 9.87. The minimum absolute atomic E-state index is 0. The molecule has 0 heterocycles. The van der Waals surface area contributed by atoms with Crippen LogP contribution >= 0.6 is 35.8 Å². The number of carbonyl (C=O) groups is 1. The molecule has 154 valence electrons. The fourth-order valence-corrected chi connectivity index (χ4v) is 3.68. The van der Waals surface area contributed by atoms with E-state index in [1.54, 1.807) is 24.3 Å². The molecule has 1 unspecified atom stereocenters. The highest BCUT2D eigenvalue weighted by atomic mass is 35.5. The van der Waals surface area contributed by atoms with Gasteiger partial charge in [-0.05, 0) is 62.1 Å². The van der Waals surface area contributed by atoms with Crippen LogP contribution in [0.25, 0.3) is 0 Å². The van der Waals surface area contributed by atoms with Crippen molar-refractivity contribution in [3.05, 3.63) is 58.6 Å². The van der Waals surface area contributed by atoms with Crippen LogP contribution in [0.4, 0.5) is 13.2 Å². The van der Waals surface area contributed by atoms with Crippen molar-refractivity contribution >= 4 is 41.7 Å². The molecule has 1 atom stereocenters. The first-order chi connectivity index (χ1) is 12.5. The van der Waals surface area contributed by atoms with Crippen molar-refractivity contribution in [3.8, 4) is 0 Å². The lowest BCUT2D eigenvalue weighted by molar-refractivity contribution is -0.143. The molecule has 3 nitrogen and oxygen atoms in total. The molecule has 0 aromatic heterocycles. The number of alkyl halides is 3. The number of hydrogen-bond donors (Lipinski definition) is 2. The van der Waals surface area contributed by atoms with Gasteiger partial charge in [0.1, 0.15) is 5.54 Å². The van der Waals surface area contributed by atoms with E-state index in [9.17, 15) is 18.0 Å². The molecule has 9 heteroatoms. The number of halogens is 5. The molecule has 0 fully saturated rings. The van der Waals surface area contributed by atoms with E-state index in [1.807, 2.05) is 0 Å². The first-order valence-corrected chi connectivity index (χ1v) is 9.34. The highest BCUT2D eigenvalue weighted by molar-refractivity contribution is 7.99. The quantitative estimate of drug-likeness (QED) is 0.534. The number of carboxylic acids is 1. The van der Waals surface area contributed by atoms with E-state index in [4.69, 9.17) is 22.4 Å². The summed E-state index contributed by atoms with van der Waals surface area (Å²) in [6.45, 7) is 1.46. The van der Waals surface area contributed by atoms with Gasteiger partial charge in [0.15, 0.2) is 0 Å². The van der Waals surface area contributed by atoms with Crippen molar-refractivity contribution in [2.75, 3.05) is 0 Å². The molecular formula is C19H20Cl2F3NO2S. The van der Waals surface area contributed by atoms with Gasteiger partial charge in [-0.25, -0.2) is 0 Å². The Labute approximate surface area is 176 Å². The summed E-state index contributed by atoms with van der Waals surface area (Å²) < 4.78 is 38.4. The Morgan fingerprint density at radius 2 is 1.82 bits per heavy atom. The zero-order valence-electron chi connectivity index (χ0n) is 14.9. The Morgan fingerprint density at radius 1 is 1.18 bits per heavy atom. The van der Waals surface area contributed by atoms with Crippen LogP contribution in [-0.2, 0) is 17.4 Å².